The van der Waals surface area contributed by atoms with Gasteiger partial charge in [0.05, 0.1) is 10.6 Å². The summed E-state index contributed by atoms with van der Waals surface area (Å²) in [6, 6.07) is 7.50. The fourth-order valence-electron chi connectivity index (χ4n) is 3.06. The maximum atomic E-state index is 14.4. The highest BCUT2D eigenvalue weighted by Crippen LogP contribution is 2.33. The number of fused-ring (bicyclic) bond motifs is 1. The maximum Gasteiger partial charge on any atom is 0.261 e. The highest BCUT2D eigenvalue weighted by atomic mass is 35.5. The number of benzene rings is 2. The van der Waals surface area contributed by atoms with Gasteiger partial charge in [-0.05, 0) is 43.9 Å². The quantitative estimate of drug-likeness (QED) is 0.684. The minimum atomic E-state index is -1.13. The first kappa shape index (κ1) is 15.9. The summed E-state index contributed by atoms with van der Waals surface area (Å²) in [5.41, 5.74) is 1.80. The van der Waals surface area contributed by atoms with Crippen molar-refractivity contribution in [3.8, 4) is 0 Å². The lowest BCUT2D eigenvalue weighted by atomic mass is 9.98. The third kappa shape index (κ3) is 2.51. The van der Waals surface area contributed by atoms with Gasteiger partial charge in [-0.1, -0.05) is 29.8 Å². The normalized spacial score (nSPS) is 13.9. The lowest BCUT2D eigenvalue weighted by Gasteiger charge is -2.30. The van der Waals surface area contributed by atoms with Gasteiger partial charge in [0.2, 0.25) is 0 Å². The second-order valence-electron chi connectivity index (χ2n) is 5.76. The van der Waals surface area contributed by atoms with E-state index >= 15 is 0 Å². The Bertz CT molecular complexity index is 775. The monoisotopic (exact) mass is 335 g/mol. The molecule has 5 heteroatoms. The molecule has 2 aromatic carbocycles. The molecule has 0 saturated heterocycles. The molecular formula is C18H16ClF2NO. The second kappa shape index (κ2) is 5.93. The van der Waals surface area contributed by atoms with Crippen LogP contribution in [0.4, 0.5) is 14.5 Å². The number of halogens is 3. The average molecular weight is 336 g/mol. The van der Waals surface area contributed by atoms with E-state index in [1.165, 1.54) is 11.8 Å². The van der Waals surface area contributed by atoms with E-state index in [0.717, 1.165) is 24.1 Å². The lowest BCUT2D eigenvalue weighted by Crippen LogP contribution is -2.36. The Morgan fingerprint density at radius 2 is 1.83 bits per heavy atom. The Labute approximate surface area is 138 Å². The zero-order valence-electron chi connectivity index (χ0n) is 12.9. The van der Waals surface area contributed by atoms with Crippen LogP contribution in [0.2, 0.25) is 5.02 Å². The molecule has 1 heterocycles. The van der Waals surface area contributed by atoms with E-state index in [1.807, 2.05) is 24.3 Å². The number of carbonyl (C=O) groups excluding carboxylic acids is 1. The summed E-state index contributed by atoms with van der Waals surface area (Å²) in [6.45, 7) is 3.42. The molecule has 1 aliphatic heterocycles. The van der Waals surface area contributed by atoms with Crippen LogP contribution < -0.4 is 4.90 Å². The maximum absolute atomic E-state index is 14.4. The molecule has 0 bridgehead atoms. The van der Waals surface area contributed by atoms with E-state index in [4.69, 9.17) is 11.6 Å². The number of rotatable bonds is 1. The van der Waals surface area contributed by atoms with Crippen molar-refractivity contribution in [2.45, 2.75) is 26.7 Å². The molecule has 0 aromatic heterocycles. The topological polar surface area (TPSA) is 20.3 Å². The van der Waals surface area contributed by atoms with Crippen LogP contribution >= 0.6 is 11.6 Å². The van der Waals surface area contributed by atoms with Crippen LogP contribution in [-0.4, -0.2) is 12.5 Å². The van der Waals surface area contributed by atoms with Crippen LogP contribution in [0, 0.1) is 25.5 Å². The highest BCUT2D eigenvalue weighted by Gasteiger charge is 2.30. The molecule has 3 rings (SSSR count). The van der Waals surface area contributed by atoms with Gasteiger partial charge in [0.25, 0.3) is 5.91 Å². The number of para-hydroxylation sites is 1. The van der Waals surface area contributed by atoms with E-state index in [9.17, 15) is 13.6 Å². The number of carbonyl (C=O) groups is 1. The third-order valence-electron chi connectivity index (χ3n) is 4.34. The van der Waals surface area contributed by atoms with E-state index in [-0.39, 0.29) is 21.7 Å². The molecule has 2 aromatic rings. The summed E-state index contributed by atoms with van der Waals surface area (Å²) in [6.07, 6.45) is 1.65. The van der Waals surface area contributed by atoms with Crippen molar-refractivity contribution in [2.24, 2.45) is 0 Å². The van der Waals surface area contributed by atoms with Gasteiger partial charge in [0.15, 0.2) is 11.6 Å². The van der Waals surface area contributed by atoms with Crippen molar-refractivity contribution >= 4 is 23.2 Å². The lowest BCUT2D eigenvalue weighted by molar-refractivity contribution is 0.0979. The van der Waals surface area contributed by atoms with Crippen molar-refractivity contribution in [3.63, 3.8) is 0 Å². The fraction of sp³-hybridized carbons (Fsp3) is 0.278. The predicted molar refractivity (Wildman–Crippen MR) is 87.3 cm³/mol. The van der Waals surface area contributed by atoms with Crippen LogP contribution in [-0.2, 0) is 6.42 Å². The van der Waals surface area contributed by atoms with Gasteiger partial charge in [-0.25, -0.2) is 8.78 Å². The van der Waals surface area contributed by atoms with Gasteiger partial charge in [-0.15, -0.1) is 0 Å². The van der Waals surface area contributed by atoms with Crippen LogP contribution in [0.15, 0.2) is 24.3 Å². The van der Waals surface area contributed by atoms with Gasteiger partial charge in [0, 0.05) is 17.8 Å². The minimum absolute atomic E-state index is 0.0252. The van der Waals surface area contributed by atoms with Crippen LogP contribution in [0.1, 0.15) is 33.5 Å². The average Bonchev–Trinajstić information content (AvgIpc) is 2.57. The number of nitrogens with zero attached hydrogens (tertiary/aromatic N) is 1. The Kier molecular flexibility index (Phi) is 4.11. The number of anilines is 1. The summed E-state index contributed by atoms with van der Waals surface area (Å²) in [7, 11) is 0. The summed E-state index contributed by atoms with van der Waals surface area (Å²) < 4.78 is 28.4. The van der Waals surface area contributed by atoms with Gasteiger partial charge in [-0.3, -0.25) is 4.79 Å². The van der Waals surface area contributed by atoms with Gasteiger partial charge in [-0.2, -0.15) is 0 Å². The summed E-state index contributed by atoms with van der Waals surface area (Å²) in [4.78, 5) is 14.4. The van der Waals surface area contributed by atoms with E-state index < -0.39 is 17.5 Å². The molecule has 0 spiro atoms. The van der Waals surface area contributed by atoms with Crippen LogP contribution in [0.5, 0.6) is 0 Å². The molecule has 0 saturated carbocycles. The van der Waals surface area contributed by atoms with Crippen molar-refractivity contribution in [2.75, 3.05) is 11.4 Å². The molecule has 0 N–H and O–H groups in total. The molecule has 2 nitrogen and oxygen atoms in total. The number of amides is 1. The van der Waals surface area contributed by atoms with Gasteiger partial charge >= 0.3 is 0 Å². The third-order valence-corrected chi connectivity index (χ3v) is 4.91. The summed E-state index contributed by atoms with van der Waals surface area (Å²) >= 11 is 6.07. The first-order valence-corrected chi connectivity index (χ1v) is 7.84. The van der Waals surface area contributed by atoms with E-state index in [1.54, 1.807) is 6.92 Å². The molecule has 0 aliphatic carbocycles. The van der Waals surface area contributed by atoms with Crippen molar-refractivity contribution in [3.05, 3.63) is 63.2 Å². The highest BCUT2D eigenvalue weighted by molar-refractivity contribution is 6.32. The van der Waals surface area contributed by atoms with E-state index in [2.05, 4.69) is 0 Å². The molecule has 0 fully saturated rings. The molecule has 1 aliphatic rings. The van der Waals surface area contributed by atoms with Crippen molar-refractivity contribution < 1.29 is 13.6 Å². The number of aryl methyl sites for hydroxylation is 1. The molecular weight excluding hydrogens is 320 g/mol. The second-order valence-corrected chi connectivity index (χ2v) is 6.13. The largest absolute Gasteiger partial charge is 0.308 e. The van der Waals surface area contributed by atoms with Gasteiger partial charge in [0.1, 0.15) is 0 Å². The zero-order valence-corrected chi connectivity index (χ0v) is 13.7. The predicted octanol–water partition coefficient (Wildman–Crippen LogP) is 4.83. The summed E-state index contributed by atoms with van der Waals surface area (Å²) in [5.74, 6) is -2.74. The van der Waals surface area contributed by atoms with E-state index in [0.29, 0.717) is 6.54 Å². The summed E-state index contributed by atoms with van der Waals surface area (Å²) in [5, 5.41) is 0.0949. The van der Waals surface area contributed by atoms with Gasteiger partial charge < -0.3 is 4.90 Å². The molecule has 0 unspecified atom stereocenters. The zero-order chi connectivity index (χ0) is 16.7. The SMILES string of the molecule is Cc1c(F)c(F)c(C(=O)N2CCCc3ccccc32)c(C)c1Cl. The molecule has 23 heavy (non-hydrogen) atoms. The Hall–Kier alpha value is -1.94. The number of hydrogen-bond donors (Lipinski definition) is 0. The van der Waals surface area contributed by atoms with Crippen LogP contribution in [0.25, 0.3) is 0 Å². The first-order valence-electron chi connectivity index (χ1n) is 7.47. The molecule has 120 valence electrons. The van der Waals surface area contributed by atoms with Crippen LogP contribution in [0.3, 0.4) is 0 Å². The number of hydrogen-bond acceptors (Lipinski definition) is 1. The smallest absolute Gasteiger partial charge is 0.261 e. The standard InChI is InChI=1S/C18H16ClF2NO/c1-10-14(17(21)16(20)11(2)15(10)19)18(23)22-9-5-7-12-6-3-4-8-13(12)22/h3-4,6,8H,5,7,9H2,1-2H3. The molecule has 0 atom stereocenters. The van der Waals surface area contributed by atoms with Crippen molar-refractivity contribution in [1.82, 2.24) is 0 Å². The first-order chi connectivity index (χ1) is 10.9. The minimum Gasteiger partial charge on any atom is -0.308 e. The molecule has 0 radical (unpaired) electrons. The Morgan fingerprint density at radius 3 is 2.57 bits per heavy atom. The van der Waals surface area contributed by atoms with Crippen molar-refractivity contribution in [1.29, 1.82) is 0 Å². The molecule has 1 amide bonds. The Balaban J connectivity index is 2.13. The fourth-order valence-corrected chi connectivity index (χ4v) is 3.24. The Morgan fingerprint density at radius 1 is 1.13 bits per heavy atom.